The molecule has 0 amide bonds. The quantitative estimate of drug-likeness (QED) is 0.589. The first-order chi connectivity index (χ1) is 5.64. The molecule has 0 bridgehead atoms. The fourth-order valence-corrected chi connectivity index (χ4v) is 2.69. The first-order valence-corrected chi connectivity index (χ1v) is 6.32. The number of hydrogen-bond donors (Lipinski definition) is 0. The molecule has 0 saturated carbocycles. The van der Waals surface area contributed by atoms with Crippen LogP contribution in [0.4, 0.5) is 0 Å². The summed E-state index contributed by atoms with van der Waals surface area (Å²) in [5, 5.41) is 1.16. The van der Waals surface area contributed by atoms with Crippen molar-refractivity contribution in [3.05, 3.63) is 0 Å². The summed E-state index contributed by atoms with van der Waals surface area (Å²) in [6.45, 7) is 9.28. The summed E-state index contributed by atoms with van der Waals surface area (Å²) in [4.78, 5) is 0. The van der Waals surface area contributed by atoms with Crippen molar-refractivity contribution in [2.24, 2.45) is 11.3 Å². The molecular formula is C11H23Br. The van der Waals surface area contributed by atoms with Crippen LogP contribution in [0.25, 0.3) is 0 Å². The van der Waals surface area contributed by atoms with Crippen molar-refractivity contribution in [2.45, 2.75) is 53.4 Å². The third-order valence-electron chi connectivity index (χ3n) is 3.26. The molecule has 0 aromatic heterocycles. The summed E-state index contributed by atoms with van der Waals surface area (Å²) in [7, 11) is 0. The van der Waals surface area contributed by atoms with Crippen LogP contribution < -0.4 is 0 Å². The molecule has 0 rings (SSSR count). The summed E-state index contributed by atoms with van der Waals surface area (Å²) in [5.74, 6) is 0.877. The van der Waals surface area contributed by atoms with Gasteiger partial charge in [0, 0.05) is 5.33 Å². The van der Waals surface area contributed by atoms with Crippen LogP contribution in [0.1, 0.15) is 53.4 Å². The topological polar surface area (TPSA) is 0 Å². The molecule has 1 unspecified atom stereocenters. The van der Waals surface area contributed by atoms with Crippen LogP contribution in [0.3, 0.4) is 0 Å². The molecule has 0 saturated heterocycles. The lowest BCUT2D eigenvalue weighted by atomic mass is 9.76. The predicted octanol–water partition coefficient (Wildman–Crippen LogP) is 4.62. The van der Waals surface area contributed by atoms with Crippen molar-refractivity contribution in [3.63, 3.8) is 0 Å². The molecule has 1 heteroatoms. The molecule has 0 aromatic rings. The Morgan fingerprint density at radius 1 is 1.17 bits per heavy atom. The molecule has 0 aromatic carbocycles. The van der Waals surface area contributed by atoms with Gasteiger partial charge in [-0.05, 0) is 30.6 Å². The molecule has 1 atom stereocenters. The number of rotatable bonds is 6. The minimum atomic E-state index is 0.565. The molecule has 74 valence electrons. The monoisotopic (exact) mass is 234 g/mol. The van der Waals surface area contributed by atoms with E-state index < -0.39 is 0 Å². The standard InChI is InChI=1S/C11H23Br/c1-5-10(4)8-11(6-2,7-3)9-12/h10H,5-9H2,1-4H3. The molecule has 0 aliphatic rings. The van der Waals surface area contributed by atoms with E-state index in [4.69, 9.17) is 0 Å². The zero-order valence-corrected chi connectivity index (χ0v) is 10.6. The van der Waals surface area contributed by atoms with E-state index in [1.54, 1.807) is 0 Å². The van der Waals surface area contributed by atoms with E-state index in [1.165, 1.54) is 25.7 Å². The Kier molecular flexibility index (Phi) is 6.25. The van der Waals surface area contributed by atoms with E-state index in [2.05, 4.69) is 43.6 Å². The lowest BCUT2D eigenvalue weighted by molar-refractivity contribution is 0.234. The van der Waals surface area contributed by atoms with Crippen molar-refractivity contribution >= 4 is 15.9 Å². The smallest absolute Gasteiger partial charge is 0.00878 e. The zero-order valence-electron chi connectivity index (χ0n) is 8.99. The molecule has 0 spiro atoms. The van der Waals surface area contributed by atoms with Crippen LogP contribution in [0.5, 0.6) is 0 Å². The Bertz CT molecular complexity index is 97.3. The van der Waals surface area contributed by atoms with Crippen LogP contribution in [0, 0.1) is 11.3 Å². The van der Waals surface area contributed by atoms with Gasteiger partial charge in [0.1, 0.15) is 0 Å². The van der Waals surface area contributed by atoms with Crippen LogP contribution in [-0.2, 0) is 0 Å². The van der Waals surface area contributed by atoms with E-state index in [9.17, 15) is 0 Å². The van der Waals surface area contributed by atoms with E-state index in [0.29, 0.717) is 5.41 Å². The predicted molar refractivity (Wildman–Crippen MR) is 60.9 cm³/mol. The second kappa shape index (κ2) is 6.01. The zero-order chi connectivity index (χ0) is 9.61. The first kappa shape index (κ1) is 12.5. The largest absolute Gasteiger partial charge is 0.0922 e. The Balaban J connectivity index is 4.09. The highest BCUT2D eigenvalue weighted by atomic mass is 79.9. The van der Waals surface area contributed by atoms with Gasteiger partial charge >= 0.3 is 0 Å². The third-order valence-corrected chi connectivity index (χ3v) is 4.45. The van der Waals surface area contributed by atoms with Gasteiger partial charge in [-0.3, -0.25) is 0 Å². The Hall–Kier alpha value is 0.480. The molecule has 0 fully saturated rings. The summed E-state index contributed by atoms with van der Waals surface area (Å²) < 4.78 is 0. The fourth-order valence-electron chi connectivity index (χ4n) is 1.67. The van der Waals surface area contributed by atoms with Crippen LogP contribution in [0.15, 0.2) is 0 Å². The van der Waals surface area contributed by atoms with Crippen LogP contribution in [-0.4, -0.2) is 5.33 Å². The molecule has 0 aliphatic carbocycles. The molecule has 0 N–H and O–H groups in total. The van der Waals surface area contributed by atoms with E-state index in [1.807, 2.05) is 0 Å². The highest BCUT2D eigenvalue weighted by molar-refractivity contribution is 9.09. The normalized spacial score (nSPS) is 14.8. The summed E-state index contributed by atoms with van der Waals surface area (Å²) in [5.41, 5.74) is 0.565. The number of alkyl halides is 1. The molecule has 0 aliphatic heterocycles. The van der Waals surface area contributed by atoms with Gasteiger partial charge < -0.3 is 0 Å². The highest BCUT2D eigenvalue weighted by Crippen LogP contribution is 2.36. The van der Waals surface area contributed by atoms with Gasteiger partial charge in [0.05, 0.1) is 0 Å². The highest BCUT2D eigenvalue weighted by Gasteiger charge is 2.26. The van der Waals surface area contributed by atoms with E-state index in [0.717, 1.165) is 11.2 Å². The number of hydrogen-bond acceptors (Lipinski definition) is 0. The van der Waals surface area contributed by atoms with Gasteiger partial charge in [0.2, 0.25) is 0 Å². The van der Waals surface area contributed by atoms with Gasteiger partial charge in [-0.25, -0.2) is 0 Å². The van der Waals surface area contributed by atoms with Crippen LogP contribution >= 0.6 is 15.9 Å². The second-order valence-electron chi connectivity index (χ2n) is 4.06. The summed E-state index contributed by atoms with van der Waals surface area (Å²) in [6.07, 6.45) is 5.30. The maximum absolute atomic E-state index is 3.65. The maximum Gasteiger partial charge on any atom is 0.00878 e. The molecule has 12 heavy (non-hydrogen) atoms. The molecule has 0 nitrogen and oxygen atoms in total. The fraction of sp³-hybridized carbons (Fsp3) is 1.00. The minimum Gasteiger partial charge on any atom is -0.0922 e. The maximum atomic E-state index is 3.65. The van der Waals surface area contributed by atoms with Gasteiger partial charge in [0.15, 0.2) is 0 Å². The van der Waals surface area contributed by atoms with Gasteiger partial charge in [-0.2, -0.15) is 0 Å². The summed E-state index contributed by atoms with van der Waals surface area (Å²) >= 11 is 3.65. The van der Waals surface area contributed by atoms with Gasteiger partial charge in [-0.15, -0.1) is 0 Å². The SMILES string of the molecule is CCC(C)CC(CC)(CC)CBr. The third kappa shape index (κ3) is 3.47. The first-order valence-electron chi connectivity index (χ1n) is 5.20. The summed E-state index contributed by atoms with van der Waals surface area (Å²) in [6, 6.07) is 0. The van der Waals surface area contributed by atoms with Crippen molar-refractivity contribution in [3.8, 4) is 0 Å². The lowest BCUT2D eigenvalue weighted by Gasteiger charge is -2.32. The lowest BCUT2D eigenvalue weighted by Crippen LogP contribution is -2.23. The van der Waals surface area contributed by atoms with Crippen molar-refractivity contribution < 1.29 is 0 Å². The van der Waals surface area contributed by atoms with E-state index >= 15 is 0 Å². The van der Waals surface area contributed by atoms with Crippen molar-refractivity contribution in [1.29, 1.82) is 0 Å². The molecule has 0 heterocycles. The number of halogens is 1. The van der Waals surface area contributed by atoms with Crippen LogP contribution in [0.2, 0.25) is 0 Å². The average molecular weight is 235 g/mol. The van der Waals surface area contributed by atoms with Gasteiger partial charge in [0.25, 0.3) is 0 Å². The average Bonchev–Trinajstić information content (AvgIpc) is 2.14. The van der Waals surface area contributed by atoms with E-state index in [-0.39, 0.29) is 0 Å². The van der Waals surface area contributed by atoms with Crippen molar-refractivity contribution in [2.75, 3.05) is 5.33 Å². The Labute approximate surface area is 86.3 Å². The minimum absolute atomic E-state index is 0.565. The Morgan fingerprint density at radius 2 is 1.67 bits per heavy atom. The second-order valence-corrected chi connectivity index (χ2v) is 4.62. The molecule has 0 radical (unpaired) electrons. The van der Waals surface area contributed by atoms with Crippen molar-refractivity contribution in [1.82, 2.24) is 0 Å². The molecular weight excluding hydrogens is 212 g/mol. The Morgan fingerprint density at radius 3 is 1.92 bits per heavy atom. The van der Waals surface area contributed by atoms with Gasteiger partial charge in [-0.1, -0.05) is 50.0 Å².